The topological polar surface area (TPSA) is 16.4 Å². The molecule has 12 aromatic carbocycles. The van der Waals surface area contributed by atoms with Crippen LogP contribution in [0.3, 0.4) is 0 Å². The second-order valence-electron chi connectivity index (χ2n) is 18.5. The molecule has 0 aliphatic carbocycles. The third-order valence-corrected chi connectivity index (χ3v) is 14.3. The lowest BCUT2D eigenvalue weighted by Crippen LogP contribution is -2.09. The number of benzene rings is 12. The van der Waals surface area contributed by atoms with Crippen LogP contribution in [0.4, 0.5) is 17.1 Å². The van der Waals surface area contributed by atoms with Crippen molar-refractivity contribution in [2.75, 3.05) is 4.90 Å². The number of aryl methyl sites for hydroxylation is 1. The molecule has 71 heavy (non-hydrogen) atoms. The summed E-state index contributed by atoms with van der Waals surface area (Å²) < 4.78 is 6.33. The molecule has 1 aromatic heterocycles. The van der Waals surface area contributed by atoms with E-state index in [0.717, 1.165) is 61.6 Å². The van der Waals surface area contributed by atoms with Gasteiger partial charge in [-0.05, 0) is 149 Å². The molecule has 13 aromatic rings. The summed E-state index contributed by atoms with van der Waals surface area (Å²) >= 11 is 0. The smallest absolute Gasteiger partial charge is 0.138 e. The molecule has 0 N–H and O–H groups in total. The fraction of sp³-hybridized carbons (Fsp3) is 0.0145. The van der Waals surface area contributed by atoms with Crippen molar-refractivity contribution in [3.63, 3.8) is 0 Å². The van der Waals surface area contributed by atoms with Crippen molar-refractivity contribution in [1.29, 1.82) is 0 Å². The van der Waals surface area contributed by atoms with Crippen LogP contribution in [0.2, 0.25) is 0 Å². The van der Waals surface area contributed by atoms with Gasteiger partial charge in [-0.1, -0.05) is 212 Å². The van der Waals surface area contributed by atoms with E-state index in [1.54, 1.807) is 0 Å². The van der Waals surface area contributed by atoms with Crippen molar-refractivity contribution < 1.29 is 4.42 Å². The molecule has 13 rings (SSSR count). The maximum absolute atomic E-state index is 6.33. The molecule has 0 radical (unpaired) electrons. The molecule has 0 fully saturated rings. The SMILES string of the molecule is Cc1c(-c2cccc(-c3ccc(-c4ccc(N(c5ccc(-c6ccc(-c7cccc8ccccc78)cc6)cc5)c5ccc(-c6cc7ccccc7c7ccccc67)cc5)cc4)cc3)c2)oc2ccccc12. The summed E-state index contributed by atoms with van der Waals surface area (Å²) in [5, 5.41) is 8.72. The molecule has 1 heterocycles. The predicted octanol–water partition coefficient (Wildman–Crippen LogP) is 19.7. The largest absolute Gasteiger partial charge is 0.456 e. The monoisotopic (exact) mass is 905 g/mol. The molecule has 0 amide bonds. The van der Waals surface area contributed by atoms with Gasteiger partial charge in [0.15, 0.2) is 0 Å². The van der Waals surface area contributed by atoms with Crippen LogP contribution in [0, 0.1) is 6.92 Å². The quantitative estimate of drug-likeness (QED) is 0.134. The van der Waals surface area contributed by atoms with Gasteiger partial charge >= 0.3 is 0 Å². The summed E-state index contributed by atoms with van der Waals surface area (Å²) in [6.07, 6.45) is 0. The highest BCUT2D eigenvalue weighted by atomic mass is 16.3. The van der Waals surface area contributed by atoms with Gasteiger partial charge < -0.3 is 9.32 Å². The molecule has 2 nitrogen and oxygen atoms in total. The van der Waals surface area contributed by atoms with Crippen LogP contribution in [0.1, 0.15) is 5.56 Å². The van der Waals surface area contributed by atoms with Gasteiger partial charge in [0.25, 0.3) is 0 Å². The molecule has 0 spiro atoms. The van der Waals surface area contributed by atoms with Crippen molar-refractivity contribution in [2.45, 2.75) is 6.92 Å². The molecule has 0 saturated carbocycles. The molecular weight excluding hydrogens is 859 g/mol. The van der Waals surface area contributed by atoms with Crippen LogP contribution < -0.4 is 4.90 Å². The lowest BCUT2D eigenvalue weighted by Gasteiger charge is -2.26. The minimum absolute atomic E-state index is 0.917. The zero-order valence-corrected chi connectivity index (χ0v) is 39.3. The minimum atomic E-state index is 0.917. The fourth-order valence-electron chi connectivity index (χ4n) is 10.6. The number of hydrogen-bond acceptors (Lipinski definition) is 2. The van der Waals surface area contributed by atoms with Crippen LogP contribution in [0.15, 0.2) is 271 Å². The predicted molar refractivity (Wildman–Crippen MR) is 301 cm³/mol. The van der Waals surface area contributed by atoms with Gasteiger partial charge in [0.1, 0.15) is 11.3 Å². The van der Waals surface area contributed by atoms with Gasteiger partial charge in [-0.3, -0.25) is 0 Å². The van der Waals surface area contributed by atoms with E-state index in [4.69, 9.17) is 4.42 Å². The first-order valence-corrected chi connectivity index (χ1v) is 24.4. The van der Waals surface area contributed by atoms with Crippen molar-refractivity contribution in [2.24, 2.45) is 0 Å². The zero-order chi connectivity index (χ0) is 47.3. The van der Waals surface area contributed by atoms with Gasteiger partial charge in [-0.15, -0.1) is 0 Å². The van der Waals surface area contributed by atoms with E-state index < -0.39 is 0 Å². The Kier molecular flexibility index (Phi) is 10.4. The Morgan fingerprint density at radius 1 is 0.268 bits per heavy atom. The number of furan rings is 1. The van der Waals surface area contributed by atoms with Gasteiger partial charge in [0.05, 0.1) is 0 Å². The standard InChI is InChI=1S/C69H47NO/c1-46-61-17-8-9-23-68(61)71-69(46)57-16-10-15-55(44-57)51-26-24-47(25-27-51)49-32-38-58(39-33-49)70(60-42-36-54(37-43-60)67-45-56-13-3-5-19-64(56)65-20-6-7-21-66(65)67)59-40-34-50(35-41-59)48-28-30-53(31-29-48)63-22-11-14-52-12-2-4-18-62(52)63/h2-45H,1H3. The molecule has 0 aliphatic heterocycles. The Bertz CT molecular complexity index is 4060. The lowest BCUT2D eigenvalue weighted by atomic mass is 9.93. The summed E-state index contributed by atoms with van der Waals surface area (Å²) in [5.74, 6) is 0.923. The maximum Gasteiger partial charge on any atom is 0.138 e. The molecule has 334 valence electrons. The average Bonchev–Trinajstić information content (AvgIpc) is 3.79. The first kappa shape index (κ1) is 41.9. The first-order valence-electron chi connectivity index (χ1n) is 24.4. The maximum atomic E-state index is 6.33. The van der Waals surface area contributed by atoms with E-state index in [-0.39, 0.29) is 0 Å². The Balaban J connectivity index is 0.821. The number of hydrogen-bond donors (Lipinski definition) is 0. The van der Waals surface area contributed by atoms with Crippen LogP contribution in [0.5, 0.6) is 0 Å². The van der Waals surface area contributed by atoms with E-state index in [1.165, 1.54) is 71.3 Å². The molecule has 0 aliphatic rings. The molecular formula is C69H47NO. The van der Waals surface area contributed by atoms with Crippen LogP contribution in [-0.2, 0) is 0 Å². The first-order chi connectivity index (χ1) is 35.1. The van der Waals surface area contributed by atoms with Crippen LogP contribution >= 0.6 is 0 Å². The minimum Gasteiger partial charge on any atom is -0.456 e. The van der Waals surface area contributed by atoms with E-state index in [1.807, 2.05) is 12.1 Å². The zero-order valence-electron chi connectivity index (χ0n) is 39.3. The third kappa shape index (κ3) is 7.73. The molecule has 0 saturated heterocycles. The van der Waals surface area contributed by atoms with Crippen molar-refractivity contribution >= 4 is 60.3 Å². The van der Waals surface area contributed by atoms with E-state index >= 15 is 0 Å². The summed E-state index contributed by atoms with van der Waals surface area (Å²) in [4.78, 5) is 2.36. The molecule has 0 atom stereocenters. The number of para-hydroxylation sites is 1. The summed E-state index contributed by atoms with van der Waals surface area (Å²) in [5.41, 5.74) is 18.3. The third-order valence-electron chi connectivity index (χ3n) is 14.3. The summed E-state index contributed by atoms with van der Waals surface area (Å²) in [6, 6.07) is 96.7. The lowest BCUT2D eigenvalue weighted by molar-refractivity contribution is 0.629. The van der Waals surface area contributed by atoms with E-state index in [0.29, 0.717) is 0 Å². The highest BCUT2D eigenvalue weighted by Gasteiger charge is 2.17. The normalized spacial score (nSPS) is 11.5. The average molecular weight is 906 g/mol. The van der Waals surface area contributed by atoms with Gasteiger partial charge in [0.2, 0.25) is 0 Å². The van der Waals surface area contributed by atoms with Gasteiger partial charge in [-0.2, -0.15) is 0 Å². The molecule has 0 unspecified atom stereocenters. The molecule has 0 bridgehead atoms. The van der Waals surface area contributed by atoms with Crippen molar-refractivity contribution in [3.05, 3.63) is 272 Å². The summed E-state index contributed by atoms with van der Waals surface area (Å²) in [7, 11) is 0. The highest BCUT2D eigenvalue weighted by Crippen LogP contribution is 2.41. The van der Waals surface area contributed by atoms with Crippen LogP contribution in [0.25, 0.3) is 110 Å². The number of fused-ring (bicyclic) bond motifs is 5. The number of nitrogens with zero attached hydrogens (tertiary/aromatic N) is 1. The molecule has 2 heteroatoms. The Morgan fingerprint density at radius 2 is 0.690 bits per heavy atom. The van der Waals surface area contributed by atoms with Crippen molar-refractivity contribution in [1.82, 2.24) is 0 Å². The number of rotatable bonds is 9. The van der Waals surface area contributed by atoms with Crippen molar-refractivity contribution in [3.8, 4) is 67.0 Å². The fourth-order valence-corrected chi connectivity index (χ4v) is 10.6. The summed E-state index contributed by atoms with van der Waals surface area (Å²) in [6.45, 7) is 2.14. The Labute approximate surface area is 414 Å². The van der Waals surface area contributed by atoms with Crippen LogP contribution in [-0.4, -0.2) is 0 Å². The van der Waals surface area contributed by atoms with Gasteiger partial charge in [-0.25, -0.2) is 0 Å². The van der Waals surface area contributed by atoms with Gasteiger partial charge in [0, 0.05) is 33.6 Å². The second kappa shape index (κ2) is 17.7. The van der Waals surface area contributed by atoms with E-state index in [9.17, 15) is 0 Å². The van der Waals surface area contributed by atoms with E-state index in [2.05, 4.69) is 267 Å². The second-order valence-corrected chi connectivity index (χ2v) is 18.5. The Hall–Kier alpha value is -9.24. The highest BCUT2D eigenvalue weighted by molar-refractivity contribution is 6.13. The number of anilines is 3. The Morgan fingerprint density at radius 3 is 1.31 bits per heavy atom.